The first-order chi connectivity index (χ1) is 9.31. The summed E-state index contributed by atoms with van der Waals surface area (Å²) in [5.41, 5.74) is 0. The predicted molar refractivity (Wildman–Crippen MR) is 74.7 cm³/mol. The number of nitrogens with zero attached hydrogens (tertiary/aromatic N) is 2. The number of anilines is 1. The van der Waals surface area contributed by atoms with Crippen LogP contribution in [0.25, 0.3) is 0 Å². The highest BCUT2D eigenvalue weighted by Gasteiger charge is 2.15. The number of nitrogens with one attached hydrogen (secondary N) is 1. The molecule has 1 aromatic rings. The molecule has 0 saturated carbocycles. The number of aryl methyl sites for hydroxylation is 1. The van der Waals surface area contributed by atoms with Gasteiger partial charge in [0.15, 0.2) is 0 Å². The van der Waals surface area contributed by atoms with Crippen molar-refractivity contribution < 1.29 is 9.47 Å². The standard InChI is InChI=1S/C14H23N3O2/c1-3-6-12-16-13(9-14(17-12)18-4-2)15-10-11-7-5-8-19-11/h9,11H,3-8,10H2,1-2H3,(H,15,16,17). The van der Waals surface area contributed by atoms with Crippen LogP contribution in [-0.2, 0) is 11.2 Å². The van der Waals surface area contributed by atoms with Crippen LogP contribution < -0.4 is 10.1 Å². The zero-order valence-electron chi connectivity index (χ0n) is 11.8. The van der Waals surface area contributed by atoms with Crippen LogP contribution in [-0.4, -0.2) is 35.8 Å². The lowest BCUT2D eigenvalue weighted by Crippen LogP contribution is -2.19. The Labute approximate surface area is 114 Å². The molecular weight excluding hydrogens is 242 g/mol. The van der Waals surface area contributed by atoms with Crippen LogP contribution in [0.2, 0.25) is 0 Å². The van der Waals surface area contributed by atoms with Crippen molar-refractivity contribution in [3.05, 3.63) is 11.9 Å². The second-order valence-corrected chi connectivity index (χ2v) is 4.71. The van der Waals surface area contributed by atoms with Crippen molar-refractivity contribution in [3.63, 3.8) is 0 Å². The zero-order chi connectivity index (χ0) is 13.5. The summed E-state index contributed by atoms with van der Waals surface area (Å²) < 4.78 is 11.1. The largest absolute Gasteiger partial charge is 0.478 e. The van der Waals surface area contributed by atoms with Gasteiger partial charge < -0.3 is 14.8 Å². The van der Waals surface area contributed by atoms with Crippen molar-refractivity contribution in [2.45, 2.75) is 45.6 Å². The number of hydrogen-bond acceptors (Lipinski definition) is 5. The van der Waals surface area contributed by atoms with E-state index in [-0.39, 0.29) is 0 Å². The van der Waals surface area contributed by atoms with Crippen molar-refractivity contribution in [2.75, 3.05) is 25.1 Å². The van der Waals surface area contributed by atoms with E-state index in [4.69, 9.17) is 9.47 Å². The normalized spacial score (nSPS) is 18.5. The Bertz CT molecular complexity index is 368. The molecule has 5 nitrogen and oxygen atoms in total. The Morgan fingerprint density at radius 1 is 1.42 bits per heavy atom. The molecule has 0 spiro atoms. The van der Waals surface area contributed by atoms with Gasteiger partial charge in [-0.3, -0.25) is 0 Å². The van der Waals surface area contributed by atoms with Crippen molar-refractivity contribution in [1.82, 2.24) is 9.97 Å². The van der Waals surface area contributed by atoms with Crippen LogP contribution in [0, 0.1) is 0 Å². The van der Waals surface area contributed by atoms with Gasteiger partial charge in [-0.25, -0.2) is 4.98 Å². The molecule has 2 heterocycles. The lowest BCUT2D eigenvalue weighted by atomic mass is 10.2. The molecule has 1 unspecified atom stereocenters. The Morgan fingerprint density at radius 3 is 3.00 bits per heavy atom. The van der Waals surface area contributed by atoms with Gasteiger partial charge in [-0.15, -0.1) is 0 Å². The van der Waals surface area contributed by atoms with Crippen LogP contribution in [0.4, 0.5) is 5.82 Å². The maximum absolute atomic E-state index is 5.59. The van der Waals surface area contributed by atoms with Crippen LogP contribution >= 0.6 is 0 Å². The maximum atomic E-state index is 5.59. The van der Waals surface area contributed by atoms with Crippen LogP contribution in [0.1, 0.15) is 38.9 Å². The first kappa shape index (κ1) is 14.1. The summed E-state index contributed by atoms with van der Waals surface area (Å²) >= 11 is 0. The number of ether oxygens (including phenoxy) is 2. The average molecular weight is 265 g/mol. The fraction of sp³-hybridized carbons (Fsp3) is 0.714. The smallest absolute Gasteiger partial charge is 0.218 e. The van der Waals surface area contributed by atoms with Gasteiger partial charge in [0.05, 0.1) is 12.7 Å². The summed E-state index contributed by atoms with van der Waals surface area (Å²) in [4.78, 5) is 8.90. The summed E-state index contributed by atoms with van der Waals surface area (Å²) in [7, 11) is 0. The molecule has 1 aliphatic rings. The Hall–Kier alpha value is -1.36. The Morgan fingerprint density at radius 2 is 2.32 bits per heavy atom. The van der Waals surface area contributed by atoms with Crippen LogP contribution in [0.3, 0.4) is 0 Å². The number of rotatable bonds is 7. The molecule has 19 heavy (non-hydrogen) atoms. The zero-order valence-corrected chi connectivity index (χ0v) is 11.8. The van der Waals surface area contributed by atoms with Gasteiger partial charge in [0.1, 0.15) is 11.6 Å². The highest BCUT2D eigenvalue weighted by Crippen LogP contribution is 2.17. The van der Waals surface area contributed by atoms with Gasteiger partial charge in [0, 0.05) is 25.6 Å². The Balaban J connectivity index is 1.99. The maximum Gasteiger partial charge on any atom is 0.218 e. The molecule has 0 aliphatic carbocycles. The van der Waals surface area contributed by atoms with Crippen molar-refractivity contribution in [1.29, 1.82) is 0 Å². The van der Waals surface area contributed by atoms with Gasteiger partial charge in [-0.1, -0.05) is 6.92 Å². The lowest BCUT2D eigenvalue weighted by Gasteiger charge is -2.13. The van der Waals surface area contributed by atoms with Crippen LogP contribution in [0.15, 0.2) is 6.07 Å². The van der Waals surface area contributed by atoms with Gasteiger partial charge in [-0.05, 0) is 26.2 Å². The van der Waals surface area contributed by atoms with Crippen LogP contribution in [0.5, 0.6) is 5.88 Å². The lowest BCUT2D eigenvalue weighted by molar-refractivity contribution is 0.120. The predicted octanol–water partition coefficient (Wildman–Crippen LogP) is 2.42. The molecule has 0 aromatic carbocycles. The molecule has 1 atom stereocenters. The van der Waals surface area contributed by atoms with E-state index in [9.17, 15) is 0 Å². The minimum absolute atomic E-state index is 0.306. The topological polar surface area (TPSA) is 56.3 Å². The third-order valence-corrected chi connectivity index (χ3v) is 3.05. The summed E-state index contributed by atoms with van der Waals surface area (Å²) in [5.74, 6) is 2.32. The first-order valence-corrected chi connectivity index (χ1v) is 7.18. The van der Waals surface area contributed by atoms with E-state index in [2.05, 4.69) is 22.2 Å². The molecular formula is C14H23N3O2. The molecule has 0 amide bonds. The molecule has 0 radical (unpaired) electrons. The number of aromatic nitrogens is 2. The molecule has 1 saturated heterocycles. The summed E-state index contributed by atoms with van der Waals surface area (Å²) in [6.07, 6.45) is 4.48. The van der Waals surface area contributed by atoms with Gasteiger partial charge >= 0.3 is 0 Å². The molecule has 106 valence electrons. The third-order valence-electron chi connectivity index (χ3n) is 3.05. The summed E-state index contributed by atoms with van der Waals surface area (Å²) in [6, 6.07) is 1.86. The van der Waals surface area contributed by atoms with Gasteiger partial charge in [0.2, 0.25) is 5.88 Å². The minimum Gasteiger partial charge on any atom is -0.478 e. The van der Waals surface area contributed by atoms with E-state index in [1.165, 1.54) is 0 Å². The second kappa shape index (κ2) is 7.28. The average Bonchev–Trinajstić information content (AvgIpc) is 2.90. The van der Waals surface area contributed by atoms with E-state index in [1.54, 1.807) is 0 Å². The summed E-state index contributed by atoms with van der Waals surface area (Å²) in [6.45, 7) is 6.38. The SMILES string of the molecule is CCCc1nc(NCC2CCCO2)cc(OCC)n1. The molecule has 0 bridgehead atoms. The van der Waals surface area contributed by atoms with Gasteiger partial charge in [0.25, 0.3) is 0 Å². The number of hydrogen-bond donors (Lipinski definition) is 1. The molecule has 1 fully saturated rings. The van der Waals surface area contributed by atoms with E-state index >= 15 is 0 Å². The van der Waals surface area contributed by atoms with Crippen molar-refractivity contribution in [3.8, 4) is 5.88 Å². The summed E-state index contributed by atoms with van der Waals surface area (Å²) in [5, 5.41) is 3.33. The molecule has 1 aromatic heterocycles. The van der Waals surface area contributed by atoms with E-state index < -0.39 is 0 Å². The third kappa shape index (κ3) is 4.35. The quantitative estimate of drug-likeness (QED) is 0.820. The molecule has 1 aliphatic heterocycles. The monoisotopic (exact) mass is 265 g/mol. The highest BCUT2D eigenvalue weighted by atomic mass is 16.5. The van der Waals surface area contributed by atoms with Crippen molar-refractivity contribution in [2.24, 2.45) is 0 Å². The highest BCUT2D eigenvalue weighted by molar-refractivity contribution is 5.38. The van der Waals surface area contributed by atoms with E-state index in [0.717, 1.165) is 50.5 Å². The molecule has 1 N–H and O–H groups in total. The second-order valence-electron chi connectivity index (χ2n) is 4.71. The molecule has 2 rings (SSSR count). The molecule has 5 heteroatoms. The van der Waals surface area contributed by atoms with E-state index in [0.29, 0.717) is 18.6 Å². The first-order valence-electron chi connectivity index (χ1n) is 7.18. The van der Waals surface area contributed by atoms with E-state index in [1.807, 2.05) is 13.0 Å². The minimum atomic E-state index is 0.306. The Kier molecular flexibility index (Phi) is 5.39. The van der Waals surface area contributed by atoms with Crippen molar-refractivity contribution >= 4 is 5.82 Å². The van der Waals surface area contributed by atoms with Gasteiger partial charge in [-0.2, -0.15) is 4.98 Å². The fourth-order valence-electron chi connectivity index (χ4n) is 2.14. The fourth-order valence-corrected chi connectivity index (χ4v) is 2.14.